The smallest absolute Gasteiger partial charge is 0.308 e. The van der Waals surface area contributed by atoms with Crippen LogP contribution in [0, 0.1) is 11.8 Å². The minimum Gasteiger partial charge on any atom is -0.490 e. The number of methoxy groups -OCH3 is 1. The van der Waals surface area contributed by atoms with Crippen LogP contribution in [0.2, 0.25) is 0 Å². The number of rotatable bonds is 6. The van der Waals surface area contributed by atoms with Crippen LogP contribution in [0.5, 0.6) is 11.5 Å². The number of hydrogen-bond donors (Lipinski definition) is 1. The van der Waals surface area contributed by atoms with Crippen molar-refractivity contribution in [1.82, 2.24) is 10.2 Å². The number of amides is 1. The Morgan fingerprint density at radius 1 is 1.17 bits per heavy atom. The molecule has 29 heavy (non-hydrogen) atoms. The second kappa shape index (κ2) is 9.96. The normalized spacial score (nSPS) is 18.8. The number of piperidine rings is 1. The van der Waals surface area contributed by atoms with Crippen molar-refractivity contribution in [3.05, 3.63) is 23.8 Å². The zero-order chi connectivity index (χ0) is 20.8. The van der Waals surface area contributed by atoms with Gasteiger partial charge in [-0.2, -0.15) is 0 Å². The highest BCUT2D eigenvalue weighted by Crippen LogP contribution is 2.34. The van der Waals surface area contributed by atoms with Gasteiger partial charge in [0.2, 0.25) is 5.91 Å². The molecule has 1 aromatic carbocycles. The van der Waals surface area contributed by atoms with E-state index in [9.17, 15) is 9.59 Å². The van der Waals surface area contributed by atoms with E-state index in [0.717, 1.165) is 49.4 Å². The molecule has 0 unspecified atom stereocenters. The van der Waals surface area contributed by atoms with E-state index in [1.807, 2.05) is 18.2 Å². The van der Waals surface area contributed by atoms with Gasteiger partial charge >= 0.3 is 5.97 Å². The maximum Gasteiger partial charge on any atom is 0.308 e. The van der Waals surface area contributed by atoms with Gasteiger partial charge in [0, 0.05) is 6.42 Å². The fourth-order valence-electron chi connectivity index (χ4n) is 3.92. The zero-order valence-electron chi connectivity index (χ0n) is 17.6. The summed E-state index contributed by atoms with van der Waals surface area (Å²) in [6.07, 6.45) is 2.33. The third-order valence-corrected chi connectivity index (χ3v) is 5.60. The van der Waals surface area contributed by atoms with Crippen LogP contribution in [0.3, 0.4) is 0 Å². The third kappa shape index (κ3) is 5.63. The lowest BCUT2D eigenvalue weighted by atomic mass is 9.95. The van der Waals surface area contributed by atoms with Gasteiger partial charge in [-0.1, -0.05) is 19.9 Å². The van der Waals surface area contributed by atoms with Crippen molar-refractivity contribution in [2.24, 2.45) is 11.8 Å². The average Bonchev–Trinajstić information content (AvgIpc) is 2.96. The largest absolute Gasteiger partial charge is 0.490 e. The van der Waals surface area contributed by atoms with Gasteiger partial charge in [-0.15, -0.1) is 0 Å². The Morgan fingerprint density at radius 2 is 1.86 bits per heavy atom. The van der Waals surface area contributed by atoms with Crippen molar-refractivity contribution in [3.63, 3.8) is 0 Å². The Morgan fingerprint density at radius 3 is 2.52 bits per heavy atom. The molecule has 7 nitrogen and oxygen atoms in total. The Labute approximate surface area is 172 Å². The summed E-state index contributed by atoms with van der Waals surface area (Å²) in [5.41, 5.74) is 1.02. The van der Waals surface area contributed by atoms with Crippen LogP contribution >= 0.6 is 0 Å². The summed E-state index contributed by atoms with van der Waals surface area (Å²) in [7, 11) is 1.42. The molecule has 0 spiro atoms. The molecule has 0 aromatic heterocycles. The number of hydrogen-bond acceptors (Lipinski definition) is 6. The number of carbonyl (C=O) groups is 2. The zero-order valence-corrected chi connectivity index (χ0v) is 17.6. The van der Waals surface area contributed by atoms with Crippen LogP contribution < -0.4 is 14.8 Å². The van der Waals surface area contributed by atoms with E-state index in [2.05, 4.69) is 24.1 Å². The number of likely N-dealkylation sites (tertiary alicyclic amines) is 1. The molecule has 1 saturated heterocycles. The molecule has 7 heteroatoms. The van der Waals surface area contributed by atoms with E-state index in [-0.39, 0.29) is 29.8 Å². The van der Waals surface area contributed by atoms with Gasteiger partial charge in [0.1, 0.15) is 0 Å². The predicted octanol–water partition coefficient (Wildman–Crippen LogP) is 2.55. The Hall–Kier alpha value is -2.28. The van der Waals surface area contributed by atoms with Crippen molar-refractivity contribution < 1.29 is 23.8 Å². The molecule has 160 valence electrons. The van der Waals surface area contributed by atoms with E-state index in [0.29, 0.717) is 19.8 Å². The van der Waals surface area contributed by atoms with Crippen LogP contribution in [0.25, 0.3) is 0 Å². The van der Waals surface area contributed by atoms with Gasteiger partial charge in [0.15, 0.2) is 11.5 Å². The maximum atomic E-state index is 12.7. The fourth-order valence-corrected chi connectivity index (χ4v) is 3.92. The summed E-state index contributed by atoms with van der Waals surface area (Å²) in [6, 6.07) is 5.80. The van der Waals surface area contributed by atoms with E-state index in [4.69, 9.17) is 14.2 Å². The van der Waals surface area contributed by atoms with Crippen molar-refractivity contribution in [2.45, 2.75) is 39.2 Å². The van der Waals surface area contributed by atoms with Crippen molar-refractivity contribution in [1.29, 1.82) is 0 Å². The molecular formula is C22H32N2O5. The summed E-state index contributed by atoms with van der Waals surface area (Å²) in [5, 5.41) is 3.18. The lowest BCUT2D eigenvalue weighted by Gasteiger charge is -2.31. The SMILES string of the molecule is COC(=O)C1CCN(CC(=O)N[C@@H](c2ccc3c(c2)OCCCO3)C(C)C)CC1. The van der Waals surface area contributed by atoms with Gasteiger partial charge in [0.25, 0.3) is 0 Å². The molecule has 1 atom stereocenters. The average molecular weight is 405 g/mol. The topological polar surface area (TPSA) is 77.1 Å². The van der Waals surface area contributed by atoms with Crippen LogP contribution in [-0.2, 0) is 14.3 Å². The molecular weight excluding hydrogens is 372 g/mol. The van der Waals surface area contributed by atoms with Gasteiger partial charge in [-0.3, -0.25) is 14.5 Å². The summed E-state index contributed by atoms with van der Waals surface area (Å²) < 4.78 is 16.3. The van der Waals surface area contributed by atoms with Crippen molar-refractivity contribution in [2.75, 3.05) is 40.0 Å². The molecule has 1 fully saturated rings. The first-order chi connectivity index (χ1) is 14.0. The number of esters is 1. The summed E-state index contributed by atoms with van der Waals surface area (Å²) in [4.78, 5) is 26.5. The highest BCUT2D eigenvalue weighted by molar-refractivity contribution is 5.78. The molecule has 1 amide bonds. The van der Waals surface area contributed by atoms with Crippen molar-refractivity contribution in [3.8, 4) is 11.5 Å². The first kappa shape index (κ1) is 21.4. The summed E-state index contributed by atoms with van der Waals surface area (Å²) in [6.45, 7) is 7.26. The van der Waals surface area contributed by atoms with Gasteiger partial charge in [-0.25, -0.2) is 0 Å². The molecule has 1 N–H and O–H groups in total. The van der Waals surface area contributed by atoms with Crippen LogP contribution in [0.4, 0.5) is 0 Å². The highest BCUT2D eigenvalue weighted by atomic mass is 16.5. The molecule has 0 radical (unpaired) electrons. The van der Waals surface area contributed by atoms with Crippen LogP contribution in [0.1, 0.15) is 44.7 Å². The van der Waals surface area contributed by atoms with E-state index >= 15 is 0 Å². The van der Waals surface area contributed by atoms with E-state index in [1.54, 1.807) is 0 Å². The fraction of sp³-hybridized carbons (Fsp3) is 0.636. The molecule has 0 bridgehead atoms. The molecule has 1 aromatic rings. The standard InChI is InChI=1S/C22H32N2O5/c1-15(2)21(17-5-6-18-19(13-17)29-12-4-11-28-18)23-20(25)14-24-9-7-16(8-10-24)22(26)27-3/h5-6,13,15-16,21H,4,7-12,14H2,1-3H3,(H,23,25)/t21-/m1/s1. The molecule has 2 heterocycles. The van der Waals surface area contributed by atoms with Crippen LogP contribution in [0.15, 0.2) is 18.2 Å². The number of benzene rings is 1. The molecule has 2 aliphatic heterocycles. The van der Waals surface area contributed by atoms with Gasteiger partial charge < -0.3 is 19.5 Å². The third-order valence-electron chi connectivity index (χ3n) is 5.60. The molecule has 0 saturated carbocycles. The van der Waals surface area contributed by atoms with Gasteiger partial charge in [-0.05, 0) is 49.5 Å². The minimum absolute atomic E-state index is 0.00710. The van der Waals surface area contributed by atoms with E-state index < -0.39 is 0 Å². The Bertz CT molecular complexity index is 713. The number of carbonyl (C=O) groups excluding carboxylic acids is 2. The number of fused-ring (bicyclic) bond motifs is 1. The monoisotopic (exact) mass is 404 g/mol. The first-order valence-corrected chi connectivity index (χ1v) is 10.5. The molecule has 0 aliphatic carbocycles. The predicted molar refractivity (Wildman–Crippen MR) is 109 cm³/mol. The number of ether oxygens (including phenoxy) is 3. The minimum atomic E-state index is -0.150. The highest BCUT2D eigenvalue weighted by Gasteiger charge is 2.27. The second-order valence-electron chi connectivity index (χ2n) is 8.12. The van der Waals surface area contributed by atoms with Gasteiger partial charge in [0.05, 0.1) is 38.8 Å². The molecule has 2 aliphatic rings. The lowest BCUT2D eigenvalue weighted by Crippen LogP contribution is -2.44. The van der Waals surface area contributed by atoms with E-state index in [1.165, 1.54) is 7.11 Å². The quantitative estimate of drug-likeness (QED) is 0.735. The maximum absolute atomic E-state index is 12.7. The summed E-state index contributed by atoms with van der Waals surface area (Å²) in [5.74, 6) is 1.52. The lowest BCUT2D eigenvalue weighted by molar-refractivity contribution is -0.147. The second-order valence-corrected chi connectivity index (χ2v) is 8.12. The first-order valence-electron chi connectivity index (χ1n) is 10.5. The summed E-state index contributed by atoms with van der Waals surface area (Å²) >= 11 is 0. The van der Waals surface area contributed by atoms with Crippen LogP contribution in [-0.4, -0.2) is 56.7 Å². The number of nitrogens with one attached hydrogen (secondary N) is 1. The Balaban J connectivity index is 1.59. The molecule has 3 rings (SSSR count). The Kier molecular flexibility index (Phi) is 7.36. The van der Waals surface area contributed by atoms with Crippen molar-refractivity contribution >= 4 is 11.9 Å². The number of nitrogens with zero attached hydrogens (tertiary/aromatic N) is 1.